The number of amides is 1. The van der Waals surface area contributed by atoms with Gasteiger partial charge in [0.2, 0.25) is 0 Å². The van der Waals surface area contributed by atoms with E-state index in [1.807, 2.05) is 11.8 Å². The lowest BCUT2D eigenvalue weighted by molar-refractivity contribution is 0.0499. The van der Waals surface area contributed by atoms with Gasteiger partial charge >= 0.3 is 0 Å². The number of aryl methyl sites for hydroxylation is 2. The van der Waals surface area contributed by atoms with Crippen LogP contribution in [0, 0.1) is 6.92 Å². The Hall–Kier alpha value is -1.03. The zero-order valence-electron chi connectivity index (χ0n) is 11.4. The minimum absolute atomic E-state index is 0.00259. The second-order valence-electron chi connectivity index (χ2n) is 5.21. The lowest BCUT2D eigenvalue weighted by Crippen LogP contribution is -2.48. The number of hydrogen-bond acceptors (Lipinski definition) is 2. The van der Waals surface area contributed by atoms with Gasteiger partial charge in [0.05, 0.1) is 10.7 Å². The number of piperidine rings is 1. The minimum atomic E-state index is 0.00259. The third-order valence-electron chi connectivity index (χ3n) is 3.78. The van der Waals surface area contributed by atoms with Crippen LogP contribution in [0.2, 0.25) is 5.02 Å². The predicted molar refractivity (Wildman–Crippen MR) is 71.9 cm³/mol. The maximum Gasteiger partial charge on any atom is 0.274 e. The van der Waals surface area contributed by atoms with E-state index in [2.05, 4.69) is 18.9 Å². The summed E-state index contributed by atoms with van der Waals surface area (Å²) in [7, 11) is 1.77. The van der Waals surface area contributed by atoms with Gasteiger partial charge in [0.1, 0.15) is 5.69 Å². The molecule has 5 heteroatoms. The predicted octanol–water partition coefficient (Wildman–Crippen LogP) is 2.79. The van der Waals surface area contributed by atoms with Crippen LogP contribution < -0.4 is 0 Å². The van der Waals surface area contributed by atoms with Crippen LogP contribution in [0.5, 0.6) is 0 Å². The lowest BCUT2D eigenvalue weighted by Gasteiger charge is -2.39. The van der Waals surface area contributed by atoms with E-state index in [1.165, 1.54) is 6.42 Å². The fourth-order valence-electron chi connectivity index (χ4n) is 2.81. The second kappa shape index (κ2) is 4.92. The first-order chi connectivity index (χ1) is 8.43. The Morgan fingerprint density at radius 1 is 1.33 bits per heavy atom. The summed E-state index contributed by atoms with van der Waals surface area (Å²) in [5.74, 6) is 0.00259. The molecule has 1 aromatic rings. The molecule has 18 heavy (non-hydrogen) atoms. The molecule has 1 aliphatic heterocycles. The van der Waals surface area contributed by atoms with Gasteiger partial charge in [-0.1, -0.05) is 11.6 Å². The molecule has 4 nitrogen and oxygen atoms in total. The van der Waals surface area contributed by atoms with Crippen molar-refractivity contribution in [3.05, 3.63) is 16.4 Å². The quantitative estimate of drug-likeness (QED) is 0.786. The Bertz CT molecular complexity index is 459. The first-order valence-electron chi connectivity index (χ1n) is 6.45. The van der Waals surface area contributed by atoms with Crippen molar-refractivity contribution >= 4 is 17.5 Å². The number of hydrogen-bond donors (Lipinski definition) is 0. The Morgan fingerprint density at radius 3 is 2.33 bits per heavy atom. The molecule has 2 unspecified atom stereocenters. The van der Waals surface area contributed by atoms with E-state index in [1.54, 1.807) is 11.7 Å². The molecule has 0 aliphatic carbocycles. The average Bonchev–Trinajstić information content (AvgIpc) is 2.52. The summed E-state index contributed by atoms with van der Waals surface area (Å²) in [5.41, 5.74) is 1.22. The van der Waals surface area contributed by atoms with Gasteiger partial charge < -0.3 is 4.90 Å². The number of halogens is 1. The van der Waals surface area contributed by atoms with E-state index in [9.17, 15) is 4.79 Å². The molecule has 1 saturated heterocycles. The van der Waals surface area contributed by atoms with Gasteiger partial charge in [-0.05, 0) is 40.0 Å². The number of carbonyl (C=O) groups excluding carboxylic acids is 1. The highest BCUT2D eigenvalue weighted by Crippen LogP contribution is 2.27. The average molecular weight is 270 g/mol. The molecule has 2 heterocycles. The molecule has 0 spiro atoms. The molecule has 0 saturated carbocycles. The number of nitrogens with zero attached hydrogens (tertiary/aromatic N) is 3. The van der Waals surface area contributed by atoms with Crippen LogP contribution in [0.4, 0.5) is 0 Å². The number of carbonyl (C=O) groups is 1. The van der Waals surface area contributed by atoms with Crippen molar-refractivity contribution in [2.45, 2.75) is 52.1 Å². The van der Waals surface area contributed by atoms with Gasteiger partial charge in [0.25, 0.3) is 5.91 Å². The van der Waals surface area contributed by atoms with Crippen molar-refractivity contribution < 1.29 is 4.79 Å². The fraction of sp³-hybridized carbons (Fsp3) is 0.692. The van der Waals surface area contributed by atoms with E-state index in [4.69, 9.17) is 11.6 Å². The summed E-state index contributed by atoms with van der Waals surface area (Å²) in [5, 5.41) is 4.69. The van der Waals surface area contributed by atoms with E-state index >= 15 is 0 Å². The third-order valence-corrected chi connectivity index (χ3v) is 4.23. The summed E-state index contributed by atoms with van der Waals surface area (Å²) >= 11 is 6.19. The Balaban J connectivity index is 2.35. The van der Waals surface area contributed by atoms with Crippen LogP contribution in [0.15, 0.2) is 0 Å². The molecule has 2 atom stereocenters. The van der Waals surface area contributed by atoms with E-state index in [0.29, 0.717) is 16.4 Å². The van der Waals surface area contributed by atoms with E-state index in [0.717, 1.165) is 12.8 Å². The fourth-order valence-corrected chi connectivity index (χ4v) is 3.05. The normalized spacial score (nSPS) is 24.4. The van der Waals surface area contributed by atoms with Crippen LogP contribution in [0.25, 0.3) is 0 Å². The zero-order valence-corrected chi connectivity index (χ0v) is 12.2. The smallest absolute Gasteiger partial charge is 0.274 e. The summed E-state index contributed by atoms with van der Waals surface area (Å²) < 4.78 is 1.59. The maximum absolute atomic E-state index is 12.7. The third kappa shape index (κ3) is 2.14. The highest BCUT2D eigenvalue weighted by Gasteiger charge is 2.32. The van der Waals surface area contributed by atoms with Gasteiger partial charge in [-0.2, -0.15) is 5.10 Å². The second-order valence-corrected chi connectivity index (χ2v) is 5.59. The van der Waals surface area contributed by atoms with Crippen LogP contribution in [-0.2, 0) is 7.05 Å². The van der Waals surface area contributed by atoms with Crippen LogP contribution in [0.3, 0.4) is 0 Å². The molecule has 1 fully saturated rings. The van der Waals surface area contributed by atoms with Gasteiger partial charge in [0, 0.05) is 19.1 Å². The molecule has 0 bridgehead atoms. The van der Waals surface area contributed by atoms with Crippen LogP contribution >= 0.6 is 11.6 Å². The highest BCUT2D eigenvalue weighted by molar-refractivity contribution is 6.34. The van der Waals surface area contributed by atoms with E-state index in [-0.39, 0.29) is 18.0 Å². The van der Waals surface area contributed by atoms with Crippen molar-refractivity contribution in [1.82, 2.24) is 14.7 Å². The molecular formula is C13H20ClN3O. The van der Waals surface area contributed by atoms with Crippen LogP contribution in [0.1, 0.15) is 49.3 Å². The first-order valence-corrected chi connectivity index (χ1v) is 6.83. The van der Waals surface area contributed by atoms with Crippen molar-refractivity contribution in [2.75, 3.05) is 0 Å². The maximum atomic E-state index is 12.7. The molecule has 1 amide bonds. The molecule has 0 N–H and O–H groups in total. The monoisotopic (exact) mass is 269 g/mol. The van der Waals surface area contributed by atoms with Crippen LogP contribution in [-0.4, -0.2) is 32.7 Å². The largest absolute Gasteiger partial charge is 0.332 e. The van der Waals surface area contributed by atoms with Crippen molar-refractivity contribution in [3.8, 4) is 0 Å². The molecule has 2 rings (SSSR count). The lowest BCUT2D eigenvalue weighted by atomic mass is 9.97. The SMILES string of the molecule is Cc1nn(C)c(C(=O)N2C(C)CCCC2C)c1Cl. The van der Waals surface area contributed by atoms with Gasteiger partial charge in [0.15, 0.2) is 0 Å². The molecule has 1 aliphatic rings. The summed E-state index contributed by atoms with van der Waals surface area (Å²) in [6.45, 7) is 6.03. The van der Waals surface area contributed by atoms with Gasteiger partial charge in [-0.25, -0.2) is 0 Å². The number of aromatic nitrogens is 2. The standard InChI is InChI=1S/C13H20ClN3O/c1-8-6-5-7-9(2)17(8)13(18)12-11(14)10(3)15-16(12)4/h8-9H,5-7H2,1-4H3. The molecule has 100 valence electrons. The molecule has 0 radical (unpaired) electrons. The molecular weight excluding hydrogens is 250 g/mol. The van der Waals surface area contributed by atoms with Crippen molar-refractivity contribution in [2.24, 2.45) is 7.05 Å². The van der Waals surface area contributed by atoms with Gasteiger partial charge in [-0.3, -0.25) is 9.48 Å². The minimum Gasteiger partial charge on any atom is -0.332 e. The summed E-state index contributed by atoms with van der Waals surface area (Å²) in [4.78, 5) is 14.6. The van der Waals surface area contributed by atoms with Crippen molar-refractivity contribution in [1.29, 1.82) is 0 Å². The molecule has 1 aromatic heterocycles. The Kier molecular flexibility index (Phi) is 3.66. The Labute approximate surface area is 113 Å². The molecule has 0 aromatic carbocycles. The van der Waals surface area contributed by atoms with E-state index < -0.39 is 0 Å². The highest BCUT2D eigenvalue weighted by atomic mass is 35.5. The number of rotatable bonds is 1. The van der Waals surface area contributed by atoms with Crippen molar-refractivity contribution in [3.63, 3.8) is 0 Å². The first kappa shape index (κ1) is 13.4. The summed E-state index contributed by atoms with van der Waals surface area (Å²) in [6.07, 6.45) is 3.30. The number of likely N-dealkylation sites (tertiary alicyclic amines) is 1. The summed E-state index contributed by atoms with van der Waals surface area (Å²) in [6, 6.07) is 0.542. The topological polar surface area (TPSA) is 38.1 Å². The zero-order chi connectivity index (χ0) is 13.4. The Morgan fingerprint density at radius 2 is 1.89 bits per heavy atom. The van der Waals surface area contributed by atoms with Gasteiger partial charge in [-0.15, -0.1) is 0 Å².